The van der Waals surface area contributed by atoms with Crippen LogP contribution in [0.25, 0.3) is 11.2 Å². The molecular weight excluding hydrogens is 286 g/mol. The molecule has 0 aliphatic carbocycles. The maximum Gasteiger partial charge on any atom is 0.160 e. The lowest BCUT2D eigenvalue weighted by Crippen LogP contribution is -2.34. The molecule has 126 valence electrons. The standard InChI is InChI=1S/C18H29N5/c1-4-22-10-7-15(8-11-22)14-17-20-16-6-5-9-19-18(16)23(17)13-12-21(2)3/h5-6,9,15H,4,7-8,10-14H2,1-3H3. The first-order chi connectivity index (χ1) is 11.2. The molecule has 0 spiro atoms. The minimum absolute atomic E-state index is 0.757. The Bertz CT molecular complexity index is 625. The molecule has 23 heavy (non-hydrogen) atoms. The zero-order valence-corrected chi connectivity index (χ0v) is 14.7. The highest BCUT2D eigenvalue weighted by molar-refractivity contribution is 5.71. The molecule has 1 aliphatic rings. The van der Waals surface area contributed by atoms with Crippen molar-refractivity contribution in [1.82, 2.24) is 24.3 Å². The van der Waals surface area contributed by atoms with Crippen LogP contribution in [0.2, 0.25) is 0 Å². The summed E-state index contributed by atoms with van der Waals surface area (Å²) in [5.74, 6) is 1.98. The summed E-state index contributed by atoms with van der Waals surface area (Å²) < 4.78 is 2.33. The van der Waals surface area contributed by atoms with E-state index in [2.05, 4.69) is 46.4 Å². The number of likely N-dealkylation sites (N-methyl/N-ethyl adjacent to an activating group) is 1. The van der Waals surface area contributed by atoms with Gasteiger partial charge in [0, 0.05) is 25.7 Å². The second-order valence-electron chi connectivity index (χ2n) is 6.91. The van der Waals surface area contributed by atoms with Gasteiger partial charge >= 0.3 is 0 Å². The molecule has 3 heterocycles. The van der Waals surface area contributed by atoms with Crippen molar-refractivity contribution in [2.24, 2.45) is 5.92 Å². The van der Waals surface area contributed by atoms with Gasteiger partial charge in [-0.05, 0) is 64.6 Å². The summed E-state index contributed by atoms with van der Waals surface area (Å²) in [5.41, 5.74) is 2.07. The van der Waals surface area contributed by atoms with Crippen molar-refractivity contribution in [3.63, 3.8) is 0 Å². The molecule has 0 amide bonds. The summed E-state index contributed by atoms with van der Waals surface area (Å²) in [6.45, 7) is 7.88. The third kappa shape index (κ3) is 3.90. The van der Waals surface area contributed by atoms with Gasteiger partial charge in [-0.2, -0.15) is 0 Å². The van der Waals surface area contributed by atoms with E-state index >= 15 is 0 Å². The average molecular weight is 315 g/mol. The lowest BCUT2D eigenvalue weighted by Gasteiger charge is -2.30. The third-order valence-corrected chi connectivity index (χ3v) is 4.98. The number of piperidine rings is 1. The van der Waals surface area contributed by atoms with Gasteiger partial charge in [-0.1, -0.05) is 6.92 Å². The van der Waals surface area contributed by atoms with Crippen LogP contribution in [0.5, 0.6) is 0 Å². The van der Waals surface area contributed by atoms with E-state index in [-0.39, 0.29) is 0 Å². The molecule has 0 saturated carbocycles. The van der Waals surface area contributed by atoms with Crippen LogP contribution in [0.1, 0.15) is 25.6 Å². The number of nitrogens with zero attached hydrogens (tertiary/aromatic N) is 5. The van der Waals surface area contributed by atoms with E-state index < -0.39 is 0 Å². The molecule has 5 nitrogen and oxygen atoms in total. The van der Waals surface area contributed by atoms with Crippen LogP contribution in [-0.2, 0) is 13.0 Å². The minimum atomic E-state index is 0.757. The van der Waals surface area contributed by atoms with Gasteiger partial charge < -0.3 is 14.4 Å². The van der Waals surface area contributed by atoms with Crippen LogP contribution in [0.4, 0.5) is 0 Å². The summed E-state index contributed by atoms with van der Waals surface area (Å²) in [6, 6.07) is 4.06. The van der Waals surface area contributed by atoms with E-state index in [9.17, 15) is 0 Å². The zero-order chi connectivity index (χ0) is 16.2. The second-order valence-corrected chi connectivity index (χ2v) is 6.91. The van der Waals surface area contributed by atoms with Gasteiger partial charge in [0.25, 0.3) is 0 Å². The SMILES string of the molecule is CCN1CCC(Cc2nc3cccnc3n2CCN(C)C)CC1. The van der Waals surface area contributed by atoms with Crippen molar-refractivity contribution in [1.29, 1.82) is 0 Å². The fourth-order valence-electron chi connectivity index (χ4n) is 3.46. The Morgan fingerprint density at radius 1 is 1.26 bits per heavy atom. The van der Waals surface area contributed by atoms with Gasteiger partial charge in [-0.25, -0.2) is 9.97 Å². The number of aromatic nitrogens is 3. The van der Waals surface area contributed by atoms with Crippen LogP contribution >= 0.6 is 0 Å². The average Bonchev–Trinajstić information content (AvgIpc) is 2.90. The van der Waals surface area contributed by atoms with Crippen molar-refractivity contribution >= 4 is 11.2 Å². The summed E-state index contributed by atoms with van der Waals surface area (Å²) in [5, 5.41) is 0. The lowest BCUT2D eigenvalue weighted by molar-refractivity contribution is 0.190. The van der Waals surface area contributed by atoms with Gasteiger partial charge in [0.15, 0.2) is 5.65 Å². The van der Waals surface area contributed by atoms with Crippen molar-refractivity contribution in [2.75, 3.05) is 40.3 Å². The second kappa shape index (κ2) is 7.41. The molecule has 5 heteroatoms. The largest absolute Gasteiger partial charge is 0.311 e. The Morgan fingerprint density at radius 2 is 2.04 bits per heavy atom. The molecule has 3 rings (SSSR count). The third-order valence-electron chi connectivity index (χ3n) is 4.98. The van der Waals surface area contributed by atoms with E-state index in [4.69, 9.17) is 4.98 Å². The predicted octanol–water partition coefficient (Wildman–Crippen LogP) is 2.27. The quantitative estimate of drug-likeness (QED) is 0.819. The summed E-state index contributed by atoms with van der Waals surface area (Å²) in [4.78, 5) is 14.2. The van der Waals surface area contributed by atoms with Gasteiger partial charge in [0.05, 0.1) is 0 Å². The highest BCUT2D eigenvalue weighted by atomic mass is 15.2. The fourth-order valence-corrected chi connectivity index (χ4v) is 3.46. The van der Waals surface area contributed by atoms with Crippen LogP contribution < -0.4 is 0 Å². The number of hydrogen-bond donors (Lipinski definition) is 0. The molecule has 0 bridgehead atoms. The number of likely N-dealkylation sites (tertiary alicyclic amines) is 1. The van der Waals surface area contributed by atoms with Crippen molar-refractivity contribution < 1.29 is 0 Å². The normalized spacial score (nSPS) is 17.4. The molecule has 1 aliphatic heterocycles. The first-order valence-electron chi connectivity index (χ1n) is 8.84. The van der Waals surface area contributed by atoms with E-state index in [1.807, 2.05) is 12.3 Å². The number of rotatable bonds is 6. The van der Waals surface area contributed by atoms with E-state index in [0.29, 0.717) is 0 Å². The Balaban J connectivity index is 1.77. The molecule has 2 aromatic heterocycles. The number of pyridine rings is 1. The minimum Gasteiger partial charge on any atom is -0.311 e. The Kier molecular flexibility index (Phi) is 5.28. The van der Waals surface area contributed by atoms with Crippen molar-refractivity contribution in [2.45, 2.75) is 32.7 Å². The van der Waals surface area contributed by atoms with Gasteiger partial charge in [-0.15, -0.1) is 0 Å². The highest BCUT2D eigenvalue weighted by Crippen LogP contribution is 2.23. The maximum atomic E-state index is 4.89. The van der Waals surface area contributed by atoms with E-state index in [1.165, 1.54) is 38.3 Å². The molecule has 0 aromatic carbocycles. The summed E-state index contributed by atoms with van der Waals surface area (Å²) >= 11 is 0. The predicted molar refractivity (Wildman–Crippen MR) is 94.6 cm³/mol. The van der Waals surface area contributed by atoms with Crippen molar-refractivity contribution in [3.8, 4) is 0 Å². The molecule has 1 fully saturated rings. The first-order valence-corrected chi connectivity index (χ1v) is 8.84. The Morgan fingerprint density at radius 3 is 2.74 bits per heavy atom. The van der Waals surface area contributed by atoms with Gasteiger partial charge in [0.2, 0.25) is 0 Å². The Labute approximate surface area is 139 Å². The van der Waals surface area contributed by atoms with Gasteiger partial charge in [0.1, 0.15) is 11.3 Å². The number of imidazole rings is 1. The van der Waals surface area contributed by atoms with Crippen LogP contribution in [0.3, 0.4) is 0 Å². The summed E-state index contributed by atoms with van der Waals surface area (Å²) in [6.07, 6.45) is 5.54. The maximum absolute atomic E-state index is 4.89. The van der Waals surface area contributed by atoms with Crippen LogP contribution in [0.15, 0.2) is 18.3 Å². The topological polar surface area (TPSA) is 37.2 Å². The van der Waals surface area contributed by atoms with E-state index in [1.54, 1.807) is 0 Å². The molecular formula is C18H29N5. The number of fused-ring (bicyclic) bond motifs is 1. The summed E-state index contributed by atoms with van der Waals surface area (Å²) in [7, 11) is 4.24. The molecule has 2 aromatic rings. The molecule has 1 saturated heterocycles. The highest BCUT2D eigenvalue weighted by Gasteiger charge is 2.21. The Hall–Kier alpha value is -1.46. The van der Waals surface area contributed by atoms with Crippen LogP contribution in [-0.4, -0.2) is 64.6 Å². The smallest absolute Gasteiger partial charge is 0.160 e. The van der Waals surface area contributed by atoms with Crippen molar-refractivity contribution in [3.05, 3.63) is 24.2 Å². The van der Waals surface area contributed by atoms with Gasteiger partial charge in [-0.3, -0.25) is 0 Å². The van der Waals surface area contributed by atoms with Crippen LogP contribution in [0, 0.1) is 5.92 Å². The first kappa shape index (κ1) is 16.4. The monoisotopic (exact) mass is 315 g/mol. The fraction of sp³-hybridized carbons (Fsp3) is 0.667. The molecule has 0 unspecified atom stereocenters. The molecule has 0 radical (unpaired) electrons. The molecule has 0 atom stereocenters. The van der Waals surface area contributed by atoms with E-state index in [0.717, 1.165) is 36.6 Å². The number of hydrogen-bond acceptors (Lipinski definition) is 4. The molecule has 0 N–H and O–H groups in total. The zero-order valence-electron chi connectivity index (χ0n) is 14.7. The lowest BCUT2D eigenvalue weighted by atomic mass is 9.93.